The Balaban J connectivity index is 1.23. The van der Waals surface area contributed by atoms with Crippen molar-refractivity contribution in [2.75, 3.05) is 11.7 Å². The zero-order chi connectivity index (χ0) is 26.2. The second kappa shape index (κ2) is 9.68. The number of carbonyl (C=O) groups is 3. The van der Waals surface area contributed by atoms with Gasteiger partial charge in [-0.05, 0) is 68.2 Å². The predicted octanol–water partition coefficient (Wildman–Crippen LogP) is 5.58. The van der Waals surface area contributed by atoms with Gasteiger partial charge in [-0.1, -0.05) is 48.5 Å². The van der Waals surface area contributed by atoms with Gasteiger partial charge in [-0.3, -0.25) is 14.9 Å². The summed E-state index contributed by atoms with van der Waals surface area (Å²) in [7, 11) is 0. The summed E-state index contributed by atoms with van der Waals surface area (Å²) < 4.78 is 17.3. The third-order valence-corrected chi connectivity index (χ3v) is 6.87. The summed E-state index contributed by atoms with van der Waals surface area (Å²) in [6, 6.07) is 23.3. The Morgan fingerprint density at radius 1 is 0.921 bits per heavy atom. The van der Waals surface area contributed by atoms with Gasteiger partial charge in [0, 0.05) is 6.07 Å². The van der Waals surface area contributed by atoms with E-state index in [0.717, 1.165) is 21.2 Å². The number of nitrogens with one attached hydrogen (secondary N) is 1. The van der Waals surface area contributed by atoms with Crippen molar-refractivity contribution in [2.24, 2.45) is 0 Å². The van der Waals surface area contributed by atoms with Crippen molar-refractivity contribution < 1.29 is 28.6 Å². The smallest absolute Gasteiger partial charge is 0.335 e. The molecule has 0 spiro atoms. The molecule has 0 aromatic heterocycles. The number of imide groups is 2. The summed E-state index contributed by atoms with van der Waals surface area (Å²) in [4.78, 5) is 39.2. The molecular weight excluding hydrogens is 552 g/mol. The number of hydrogen-bond acceptors (Lipinski definition) is 6. The lowest BCUT2D eigenvalue weighted by Gasteiger charge is -2.26. The molecule has 0 aliphatic carbocycles. The molecule has 2 aliphatic rings. The van der Waals surface area contributed by atoms with Gasteiger partial charge >= 0.3 is 6.03 Å². The Labute approximate surface area is 225 Å². The highest BCUT2D eigenvalue weighted by molar-refractivity contribution is 9.10. The molecule has 188 valence electrons. The number of ether oxygens (including phenoxy) is 3. The minimum atomic E-state index is -0.839. The number of rotatable bonds is 5. The number of nitrogens with zero attached hydrogens (tertiary/aromatic N) is 1. The Morgan fingerprint density at radius 3 is 2.61 bits per heavy atom. The fourth-order valence-corrected chi connectivity index (χ4v) is 4.89. The Kier molecular flexibility index (Phi) is 6.05. The minimum absolute atomic E-state index is 0.0547. The van der Waals surface area contributed by atoms with Crippen molar-refractivity contribution in [3.63, 3.8) is 0 Å². The van der Waals surface area contributed by atoms with E-state index in [4.69, 9.17) is 14.2 Å². The largest absolute Gasteiger partial charge is 0.488 e. The molecule has 4 aromatic rings. The van der Waals surface area contributed by atoms with Crippen molar-refractivity contribution in [1.29, 1.82) is 0 Å². The molecule has 38 heavy (non-hydrogen) atoms. The van der Waals surface area contributed by atoms with Gasteiger partial charge in [-0.15, -0.1) is 0 Å². The van der Waals surface area contributed by atoms with Crippen LogP contribution in [0.5, 0.6) is 17.2 Å². The molecule has 1 N–H and O–H groups in total. The minimum Gasteiger partial charge on any atom is -0.488 e. The van der Waals surface area contributed by atoms with E-state index >= 15 is 0 Å². The van der Waals surface area contributed by atoms with Crippen LogP contribution in [-0.4, -0.2) is 24.6 Å². The highest BCUT2D eigenvalue weighted by atomic mass is 79.9. The van der Waals surface area contributed by atoms with Gasteiger partial charge in [0.15, 0.2) is 11.5 Å². The molecule has 0 radical (unpaired) electrons. The molecule has 1 fully saturated rings. The SMILES string of the molecule is O=C1NC(=O)N(c2ccc3c(c2)OCO3)C(=O)/C1=C/c1ccc(OCc2cccc3ccccc23)c(Br)c1. The molecule has 4 aromatic carbocycles. The van der Waals surface area contributed by atoms with Crippen LogP contribution in [0.2, 0.25) is 0 Å². The second-order valence-corrected chi connectivity index (χ2v) is 9.47. The molecular formula is C29H19BrN2O6. The molecule has 0 saturated carbocycles. The Bertz CT molecular complexity index is 1660. The van der Waals surface area contributed by atoms with E-state index in [1.165, 1.54) is 12.1 Å². The van der Waals surface area contributed by atoms with Gasteiger partial charge in [0.2, 0.25) is 6.79 Å². The molecule has 2 aliphatic heterocycles. The van der Waals surface area contributed by atoms with Crippen molar-refractivity contribution in [1.82, 2.24) is 5.32 Å². The first-order valence-electron chi connectivity index (χ1n) is 11.7. The highest BCUT2D eigenvalue weighted by Crippen LogP contribution is 2.36. The first kappa shape index (κ1) is 23.7. The number of hydrogen-bond donors (Lipinski definition) is 1. The van der Waals surface area contributed by atoms with E-state index in [-0.39, 0.29) is 18.1 Å². The number of urea groups is 1. The zero-order valence-electron chi connectivity index (χ0n) is 19.8. The van der Waals surface area contributed by atoms with Crippen LogP contribution in [0, 0.1) is 0 Å². The van der Waals surface area contributed by atoms with Crippen LogP contribution in [0.25, 0.3) is 16.8 Å². The summed E-state index contributed by atoms with van der Waals surface area (Å²) >= 11 is 3.52. The van der Waals surface area contributed by atoms with Gasteiger partial charge in [0.1, 0.15) is 17.9 Å². The van der Waals surface area contributed by atoms with Crippen molar-refractivity contribution in [3.05, 3.63) is 100 Å². The predicted molar refractivity (Wildman–Crippen MR) is 144 cm³/mol. The molecule has 9 heteroatoms. The number of halogens is 1. The maximum atomic E-state index is 13.2. The van der Waals surface area contributed by atoms with Gasteiger partial charge < -0.3 is 14.2 Å². The highest BCUT2D eigenvalue weighted by Gasteiger charge is 2.37. The third-order valence-electron chi connectivity index (χ3n) is 6.25. The normalized spacial score (nSPS) is 15.8. The Morgan fingerprint density at radius 2 is 1.74 bits per heavy atom. The summed E-state index contributed by atoms with van der Waals surface area (Å²) in [5.41, 5.74) is 1.71. The quantitative estimate of drug-likeness (QED) is 0.249. The average Bonchev–Trinajstić information content (AvgIpc) is 3.39. The van der Waals surface area contributed by atoms with Crippen molar-refractivity contribution >= 4 is 56.3 Å². The van der Waals surface area contributed by atoms with E-state index in [1.54, 1.807) is 30.3 Å². The number of carbonyl (C=O) groups excluding carboxylic acids is 3. The molecule has 4 amide bonds. The number of fused-ring (bicyclic) bond motifs is 2. The molecule has 0 bridgehead atoms. The second-order valence-electron chi connectivity index (χ2n) is 8.61. The zero-order valence-corrected chi connectivity index (χ0v) is 21.4. The van der Waals surface area contributed by atoms with Crippen LogP contribution < -0.4 is 24.4 Å². The van der Waals surface area contributed by atoms with Crippen molar-refractivity contribution in [3.8, 4) is 17.2 Å². The lowest BCUT2D eigenvalue weighted by atomic mass is 10.1. The summed E-state index contributed by atoms with van der Waals surface area (Å²) in [5, 5.41) is 4.48. The number of anilines is 1. The molecule has 0 atom stereocenters. The van der Waals surface area contributed by atoms with E-state index in [0.29, 0.717) is 33.9 Å². The summed E-state index contributed by atoms with van der Waals surface area (Å²) in [6.45, 7) is 0.424. The third kappa shape index (κ3) is 4.37. The fraction of sp³-hybridized carbons (Fsp3) is 0.0690. The fourth-order valence-electron chi connectivity index (χ4n) is 4.38. The molecule has 0 unspecified atom stereocenters. The first-order chi connectivity index (χ1) is 18.5. The summed E-state index contributed by atoms with van der Waals surface area (Å²) in [5.74, 6) is 0.0118. The van der Waals surface area contributed by atoms with Crippen LogP contribution in [0.1, 0.15) is 11.1 Å². The van der Waals surface area contributed by atoms with Gasteiger partial charge in [-0.25, -0.2) is 9.69 Å². The number of benzene rings is 4. The average molecular weight is 571 g/mol. The molecule has 8 nitrogen and oxygen atoms in total. The van der Waals surface area contributed by atoms with Gasteiger partial charge in [-0.2, -0.15) is 0 Å². The van der Waals surface area contributed by atoms with E-state index in [1.807, 2.05) is 24.3 Å². The van der Waals surface area contributed by atoms with Gasteiger partial charge in [0.05, 0.1) is 10.2 Å². The monoisotopic (exact) mass is 570 g/mol. The molecule has 1 saturated heterocycles. The maximum Gasteiger partial charge on any atom is 0.335 e. The van der Waals surface area contributed by atoms with Crippen molar-refractivity contribution in [2.45, 2.75) is 6.61 Å². The van der Waals surface area contributed by atoms with Crippen LogP contribution in [-0.2, 0) is 16.2 Å². The lowest BCUT2D eigenvalue weighted by Crippen LogP contribution is -2.54. The lowest BCUT2D eigenvalue weighted by molar-refractivity contribution is -0.122. The van der Waals surface area contributed by atoms with Crippen LogP contribution in [0.15, 0.2) is 88.9 Å². The number of barbiturate groups is 1. The van der Waals surface area contributed by atoms with Crippen LogP contribution in [0.4, 0.5) is 10.5 Å². The molecule has 2 heterocycles. The van der Waals surface area contributed by atoms with E-state index < -0.39 is 17.8 Å². The summed E-state index contributed by atoms with van der Waals surface area (Å²) in [6.07, 6.45) is 1.43. The van der Waals surface area contributed by atoms with E-state index in [2.05, 4.69) is 39.4 Å². The van der Waals surface area contributed by atoms with Crippen LogP contribution in [0.3, 0.4) is 0 Å². The Hall–Kier alpha value is -4.63. The maximum absolute atomic E-state index is 13.2. The standard InChI is InChI=1S/C29H19BrN2O6/c30-23-13-17(8-10-24(23)36-15-19-6-3-5-18-4-1-2-7-21(18)19)12-22-27(33)31-29(35)32(28(22)34)20-9-11-25-26(14-20)38-16-37-25/h1-14H,15-16H2,(H,31,33,35)/b22-12+. The van der Waals surface area contributed by atoms with Gasteiger partial charge in [0.25, 0.3) is 11.8 Å². The van der Waals surface area contributed by atoms with E-state index in [9.17, 15) is 14.4 Å². The first-order valence-corrected chi connectivity index (χ1v) is 12.5. The molecule has 6 rings (SSSR count). The van der Waals surface area contributed by atoms with Crippen LogP contribution >= 0.6 is 15.9 Å². The topological polar surface area (TPSA) is 94.2 Å². The number of amides is 4.